The molecule has 4 aliphatic carbocycles. The lowest BCUT2D eigenvalue weighted by Gasteiger charge is -2.33. The molecule has 4 unspecified atom stereocenters. The van der Waals surface area contributed by atoms with Crippen LogP contribution in [0.2, 0.25) is 20.1 Å². The number of carboxylic acid groups (broad SMARTS) is 1. The first-order chi connectivity index (χ1) is 66.1. The zero-order valence-electron chi connectivity index (χ0n) is 80.0. The number of aliphatic hydroxyl groups is 4. The number of nitrogens with one attached hydrogen (secondary N) is 4. The first-order valence-corrected chi connectivity index (χ1v) is 49.4. The number of aromatic carboxylic acids is 1. The zero-order chi connectivity index (χ0) is 97.6. The van der Waals surface area contributed by atoms with Crippen LogP contribution in [0, 0.1) is 0 Å². The quantitative estimate of drug-likeness (QED) is 0.0175. The van der Waals surface area contributed by atoms with Crippen molar-refractivity contribution >= 4 is 97.4 Å². The van der Waals surface area contributed by atoms with Crippen LogP contribution >= 0.6 is 62.3 Å². The van der Waals surface area contributed by atoms with Crippen molar-refractivity contribution in [2.75, 3.05) is 148 Å². The second kappa shape index (κ2) is 52.6. The van der Waals surface area contributed by atoms with Crippen LogP contribution in [-0.4, -0.2) is 263 Å². The molecule has 7 aromatic heterocycles. The molecule has 15 rings (SSSR count). The number of aryl methyl sites for hydroxylation is 1. The van der Waals surface area contributed by atoms with Crippen molar-refractivity contribution in [2.45, 2.75) is 177 Å². The number of likely N-dealkylation sites (N-methyl/N-ethyl adjacent to an activating group) is 4. The molecule has 734 valence electrons. The largest absolute Gasteiger partial charge is 0.491 e. The summed E-state index contributed by atoms with van der Waals surface area (Å²) < 4.78 is 25.7. The molecule has 4 atom stereocenters. The van der Waals surface area contributed by atoms with Gasteiger partial charge >= 0.3 is 5.97 Å². The van der Waals surface area contributed by atoms with Gasteiger partial charge in [0.1, 0.15) is 103 Å². The average Bonchev–Trinajstić information content (AvgIpc) is 1.21. The Kier molecular flexibility index (Phi) is 40.6. The van der Waals surface area contributed by atoms with Gasteiger partial charge in [0.05, 0.1) is 27.8 Å². The van der Waals surface area contributed by atoms with E-state index in [4.69, 9.17) is 95.3 Å². The highest BCUT2D eigenvalue weighted by Gasteiger charge is 2.30. The van der Waals surface area contributed by atoms with Crippen LogP contribution < -0.4 is 64.7 Å². The SMILES string of the molecule is CNCC(O)COc1cc(Cl)cc(-c2nc(-c3ccnc(N(C)C)c3)cc(N(C)C3CCCCC3)n2)c1.CNCC(O)COc1cc(Cl)cc(-c2nc(-c3ccncc3)c(Br)c(N(C)C3CCCCC3)n2)c1.CNCC(O)COc1cc(Cl)cc(-c2nc(-c3cnn(C)c3)cc(N(C)C3CCCCC3)n2)c1.CNCC(O)COc1cc(Cl)cc(-c2nc(C(=O)O)cc(N(C)C3CCCCC3)n2)c1. The van der Waals surface area contributed by atoms with Gasteiger partial charge in [-0.05, 0) is 193 Å². The highest BCUT2D eigenvalue weighted by molar-refractivity contribution is 9.10. The summed E-state index contributed by atoms with van der Waals surface area (Å²) in [5, 5.41) is 67.5. The highest BCUT2D eigenvalue weighted by atomic mass is 79.9. The number of ether oxygens (including phenoxy) is 4. The maximum absolute atomic E-state index is 11.7. The van der Waals surface area contributed by atoms with Gasteiger partial charge < -0.3 is 90.2 Å². The van der Waals surface area contributed by atoms with Gasteiger partial charge in [0.25, 0.3) is 0 Å². The number of aliphatic hydroxyl groups excluding tert-OH is 4. The number of carbonyl (C=O) groups is 1. The molecular weight excluding hydrogens is 1890 g/mol. The lowest BCUT2D eigenvalue weighted by molar-refractivity contribution is 0.0690. The molecule has 9 N–H and O–H groups in total. The van der Waals surface area contributed by atoms with Gasteiger partial charge in [-0.2, -0.15) is 5.10 Å². The molecule has 0 saturated heterocycles. The lowest BCUT2D eigenvalue weighted by Crippen LogP contribution is -2.34. The number of carboxylic acids is 1. The van der Waals surface area contributed by atoms with Gasteiger partial charge in [0, 0.05) is 202 Å². The van der Waals surface area contributed by atoms with Crippen molar-refractivity contribution in [1.82, 2.24) is 80.9 Å². The summed E-state index contributed by atoms with van der Waals surface area (Å²) in [5.41, 5.74) is 8.00. The number of anilines is 5. The Balaban J connectivity index is 0.000000164. The summed E-state index contributed by atoms with van der Waals surface area (Å²) in [6.45, 7) is 2.28. The van der Waals surface area contributed by atoms with Crippen LogP contribution in [0.3, 0.4) is 0 Å². The van der Waals surface area contributed by atoms with E-state index >= 15 is 0 Å². The van der Waals surface area contributed by atoms with Crippen molar-refractivity contribution < 1.29 is 49.3 Å². The van der Waals surface area contributed by atoms with Crippen LogP contribution in [0.4, 0.5) is 29.1 Å². The van der Waals surface area contributed by atoms with E-state index in [9.17, 15) is 30.3 Å². The molecule has 36 heteroatoms. The summed E-state index contributed by atoms with van der Waals surface area (Å²) in [4.78, 5) is 69.7. The smallest absolute Gasteiger partial charge is 0.354 e. The van der Waals surface area contributed by atoms with E-state index in [0.717, 1.165) is 130 Å². The van der Waals surface area contributed by atoms with Crippen LogP contribution in [0.5, 0.6) is 23.0 Å². The van der Waals surface area contributed by atoms with Gasteiger partial charge in [-0.1, -0.05) is 123 Å². The molecule has 4 aromatic carbocycles. The maximum atomic E-state index is 11.7. The molecule has 31 nitrogen and oxygen atoms in total. The molecule has 4 saturated carbocycles. The summed E-state index contributed by atoms with van der Waals surface area (Å²) >= 11 is 29.4. The van der Waals surface area contributed by atoms with Crippen molar-refractivity contribution in [3.05, 3.63) is 177 Å². The Labute approximate surface area is 832 Å². The number of pyridine rings is 2. The van der Waals surface area contributed by atoms with Crippen molar-refractivity contribution in [2.24, 2.45) is 7.05 Å². The third-order valence-corrected chi connectivity index (χ3v) is 26.2. The van der Waals surface area contributed by atoms with E-state index in [0.29, 0.717) is 122 Å². The summed E-state index contributed by atoms with van der Waals surface area (Å²) in [5.74, 6) is 7.01. The van der Waals surface area contributed by atoms with Crippen molar-refractivity contribution in [3.63, 3.8) is 0 Å². The molecule has 4 fully saturated rings. The molecule has 7 heterocycles. The van der Waals surface area contributed by atoms with E-state index in [-0.39, 0.29) is 37.9 Å². The maximum Gasteiger partial charge on any atom is 0.354 e. The first kappa shape index (κ1) is 106. The summed E-state index contributed by atoms with van der Waals surface area (Å²) in [6.07, 6.45) is 30.5. The topological polar surface area (TPSA) is 366 Å². The second-order valence-electron chi connectivity index (χ2n) is 35.5. The lowest BCUT2D eigenvalue weighted by atomic mass is 9.94. The first-order valence-electron chi connectivity index (χ1n) is 47.1. The third-order valence-electron chi connectivity index (χ3n) is 24.6. The molecule has 0 aliphatic heterocycles. The minimum atomic E-state index is -1.12. The fourth-order valence-corrected chi connectivity index (χ4v) is 18.8. The predicted octanol–water partition coefficient (Wildman–Crippen LogP) is 17.2. The Hall–Kier alpha value is -10.3. The van der Waals surface area contributed by atoms with Crippen molar-refractivity contribution in [3.8, 4) is 102 Å². The number of hydrogen-bond acceptors (Lipinski definition) is 29. The van der Waals surface area contributed by atoms with Crippen LogP contribution in [0.1, 0.15) is 139 Å². The minimum absolute atomic E-state index is 0.0745. The Morgan fingerprint density at radius 1 is 0.409 bits per heavy atom. The second-order valence-corrected chi connectivity index (χ2v) is 38.0. The van der Waals surface area contributed by atoms with E-state index in [2.05, 4.69) is 104 Å². The molecule has 4 aliphatic rings. The predicted molar refractivity (Wildman–Crippen MR) is 550 cm³/mol. The minimum Gasteiger partial charge on any atom is -0.491 e. The van der Waals surface area contributed by atoms with E-state index in [1.54, 1.807) is 87.9 Å². The van der Waals surface area contributed by atoms with Crippen LogP contribution in [0.15, 0.2) is 151 Å². The summed E-state index contributed by atoms with van der Waals surface area (Å²) in [7, 11) is 21.2. The third kappa shape index (κ3) is 31.1. The van der Waals surface area contributed by atoms with Gasteiger partial charge in [0.2, 0.25) is 0 Å². The number of benzene rings is 4. The fourth-order valence-electron chi connectivity index (χ4n) is 17.2. The van der Waals surface area contributed by atoms with E-state index < -0.39 is 30.4 Å². The van der Waals surface area contributed by atoms with Gasteiger partial charge in [-0.3, -0.25) is 9.67 Å². The Morgan fingerprint density at radius 2 is 0.752 bits per heavy atom. The normalized spacial score (nSPS) is 15.2. The standard InChI is InChI=1S/C28H37ClN6O2.C26H31BrClN5O2.C25H33ClN6O2.C22H29ClN4O4/c1-30-17-23(36)18-37-24-13-20(12-21(29)15-24)28-32-25(19-10-11-31-26(14-19)34(2)3)16-27(33-28)35(4)22-8-6-5-7-9-22;1-29-15-21(34)16-35-22-13-18(12-19(28)14-22)25-31-24(17-8-10-30-11-9-17)23(27)26(32-25)33(2)20-6-4-3-5-7-20;1-27-14-21(33)16-34-22-10-17(9-19(26)11-22)25-29-23(18-13-28-31(2)15-18)12-24(30-25)32(3)20-7-5-4-6-8-20;1-24-12-17(28)13-31-18-9-14(8-15(23)10-18)21-25-19(22(29)30)11-20(26-21)27(2)16-6-4-3-5-7-16/h10-16,22-23,30,36H,5-9,17-18H2,1-4H3;8-14,20-21,29,34H,3-7,15-16H2,1-2H3;9-13,15,20-21,27,33H,4-8,14,16H2,1-3H3;8-11,16-17,24,28H,3-7,12-13H2,1-2H3,(H,29,30). The van der Waals surface area contributed by atoms with E-state index in [1.807, 2.05) is 117 Å². The number of nitrogens with zero attached hydrogens (tertiary/aromatic N) is 17. The summed E-state index contributed by atoms with van der Waals surface area (Å²) in [6, 6.07) is 36.5. The molecule has 137 heavy (non-hydrogen) atoms. The van der Waals surface area contributed by atoms with Crippen LogP contribution in [-0.2, 0) is 7.05 Å². The number of halogens is 5. The molecule has 0 spiro atoms. The molecule has 0 bridgehead atoms. The zero-order valence-corrected chi connectivity index (χ0v) is 84.7. The fraction of sp³-hybridized carbons (Fsp3) is 0.465. The molecule has 0 amide bonds. The highest BCUT2D eigenvalue weighted by Crippen LogP contribution is 2.42. The van der Waals surface area contributed by atoms with Gasteiger partial charge in [-0.15, -0.1) is 0 Å². The molecule has 11 aromatic rings. The van der Waals surface area contributed by atoms with Gasteiger partial charge in [0.15, 0.2) is 29.0 Å². The average molecular weight is 2020 g/mol. The monoisotopic (exact) mass is 2020 g/mol. The molecular formula is C101H130BrCl4N21O10. The molecule has 0 radical (unpaired) electrons. The number of rotatable bonds is 37. The number of hydrogen-bond donors (Lipinski definition) is 9. The Bertz CT molecular complexity index is 5680. The number of aromatic nitrogens is 12. The van der Waals surface area contributed by atoms with E-state index in [1.165, 1.54) is 83.1 Å². The van der Waals surface area contributed by atoms with Crippen molar-refractivity contribution in [1.29, 1.82) is 0 Å². The Morgan fingerprint density at radius 3 is 1.10 bits per heavy atom. The van der Waals surface area contributed by atoms with Gasteiger partial charge in [-0.25, -0.2) is 49.7 Å². The van der Waals surface area contributed by atoms with Crippen LogP contribution in [0.25, 0.3) is 79.3 Å².